The van der Waals surface area contributed by atoms with Crippen LogP contribution in [0.15, 0.2) is 30.3 Å². The number of carboxylic acids is 1. The van der Waals surface area contributed by atoms with Gasteiger partial charge in [0, 0.05) is 24.2 Å². The summed E-state index contributed by atoms with van der Waals surface area (Å²) < 4.78 is 5.36. The number of hydrogen-bond donors (Lipinski definition) is 1. The maximum atomic E-state index is 12.3. The molecule has 1 aliphatic rings. The molecule has 0 bridgehead atoms. The minimum atomic E-state index is -0.929. The molecule has 1 N–H and O–H groups in total. The molecule has 2 rings (SSSR count). The van der Waals surface area contributed by atoms with Crippen LogP contribution in [0, 0.1) is 0 Å². The Balaban J connectivity index is 2.06. The molecule has 1 aliphatic heterocycles. The fourth-order valence-electron chi connectivity index (χ4n) is 2.37. The monoisotopic (exact) mass is 323 g/mol. The van der Waals surface area contributed by atoms with E-state index in [2.05, 4.69) is 0 Å². The number of nitrogens with zero attached hydrogens (tertiary/aromatic N) is 1. The molecule has 0 aromatic heterocycles. The predicted molar refractivity (Wildman–Crippen MR) is 83.7 cm³/mol. The number of halogens is 1. The molecule has 0 aliphatic carbocycles. The Bertz CT molecular complexity index is 600. The first-order valence-corrected chi connectivity index (χ1v) is 7.40. The van der Waals surface area contributed by atoms with Crippen LogP contribution in [0.4, 0.5) is 0 Å². The Hall–Kier alpha value is -1.85. The second kappa shape index (κ2) is 7.42. The summed E-state index contributed by atoms with van der Waals surface area (Å²) in [7, 11) is 0. The van der Waals surface area contributed by atoms with Crippen molar-refractivity contribution in [2.75, 3.05) is 19.7 Å². The van der Waals surface area contributed by atoms with Crippen molar-refractivity contribution in [2.24, 2.45) is 0 Å². The third-order valence-electron chi connectivity index (χ3n) is 3.49. The van der Waals surface area contributed by atoms with Crippen LogP contribution in [-0.2, 0) is 14.3 Å². The van der Waals surface area contributed by atoms with E-state index in [0.29, 0.717) is 18.2 Å². The second-order valence-electron chi connectivity index (χ2n) is 5.18. The third-order valence-corrected chi connectivity index (χ3v) is 3.82. The van der Waals surface area contributed by atoms with Crippen LogP contribution in [0.1, 0.15) is 18.9 Å². The van der Waals surface area contributed by atoms with Gasteiger partial charge in [0.1, 0.15) is 0 Å². The third kappa shape index (κ3) is 4.32. The smallest absolute Gasteiger partial charge is 0.306 e. The predicted octanol–water partition coefficient (Wildman–Crippen LogP) is 2.45. The zero-order chi connectivity index (χ0) is 16.1. The Labute approximate surface area is 134 Å². The number of hydrogen-bond acceptors (Lipinski definition) is 3. The molecule has 5 nitrogen and oxygen atoms in total. The van der Waals surface area contributed by atoms with E-state index in [1.165, 1.54) is 6.08 Å². The Morgan fingerprint density at radius 2 is 2.18 bits per heavy atom. The molecule has 0 radical (unpaired) electrons. The molecule has 1 fully saturated rings. The van der Waals surface area contributed by atoms with Gasteiger partial charge in [-0.3, -0.25) is 9.59 Å². The van der Waals surface area contributed by atoms with Gasteiger partial charge in [-0.25, -0.2) is 0 Å². The Kier molecular flexibility index (Phi) is 5.57. The minimum Gasteiger partial charge on any atom is -0.481 e. The summed E-state index contributed by atoms with van der Waals surface area (Å²) in [5.74, 6) is -1.09. The summed E-state index contributed by atoms with van der Waals surface area (Å²) >= 11 is 6.12. The SMILES string of the molecule is C/C(=C\C(=O)N1CCOC(CC(=O)O)C1)c1ccccc1Cl. The number of amides is 1. The van der Waals surface area contributed by atoms with Gasteiger partial charge in [0.2, 0.25) is 5.91 Å². The van der Waals surface area contributed by atoms with Gasteiger partial charge in [-0.2, -0.15) is 0 Å². The van der Waals surface area contributed by atoms with Gasteiger partial charge in [0.15, 0.2) is 0 Å². The average molecular weight is 324 g/mol. The number of carbonyl (C=O) groups is 2. The molecule has 118 valence electrons. The lowest BCUT2D eigenvalue weighted by Crippen LogP contribution is -2.45. The quantitative estimate of drug-likeness (QED) is 0.864. The lowest BCUT2D eigenvalue weighted by atomic mass is 10.1. The van der Waals surface area contributed by atoms with Gasteiger partial charge < -0.3 is 14.7 Å². The molecule has 1 saturated heterocycles. The van der Waals surface area contributed by atoms with E-state index in [1.54, 1.807) is 11.0 Å². The van der Waals surface area contributed by atoms with Crippen LogP contribution in [-0.4, -0.2) is 47.7 Å². The molecular weight excluding hydrogens is 306 g/mol. The van der Waals surface area contributed by atoms with E-state index >= 15 is 0 Å². The number of allylic oxidation sites excluding steroid dienone is 1. The maximum absolute atomic E-state index is 12.3. The summed E-state index contributed by atoms with van der Waals surface area (Å²) in [5, 5.41) is 9.40. The lowest BCUT2D eigenvalue weighted by molar-refractivity contribution is -0.145. The number of carbonyl (C=O) groups excluding carboxylic acids is 1. The highest BCUT2D eigenvalue weighted by atomic mass is 35.5. The fourth-order valence-corrected chi connectivity index (χ4v) is 2.66. The highest BCUT2D eigenvalue weighted by molar-refractivity contribution is 6.32. The molecule has 6 heteroatoms. The van der Waals surface area contributed by atoms with Gasteiger partial charge in [-0.05, 0) is 24.1 Å². The van der Waals surface area contributed by atoms with Crippen LogP contribution >= 0.6 is 11.6 Å². The summed E-state index contributed by atoms with van der Waals surface area (Å²) in [6.07, 6.45) is 0.977. The van der Waals surface area contributed by atoms with E-state index in [1.807, 2.05) is 25.1 Å². The Morgan fingerprint density at radius 1 is 1.45 bits per heavy atom. The second-order valence-corrected chi connectivity index (χ2v) is 5.59. The van der Waals surface area contributed by atoms with E-state index in [4.69, 9.17) is 21.4 Å². The zero-order valence-corrected chi connectivity index (χ0v) is 13.0. The first-order chi connectivity index (χ1) is 10.5. The maximum Gasteiger partial charge on any atom is 0.306 e. The first kappa shape index (κ1) is 16.5. The van der Waals surface area contributed by atoms with Crippen molar-refractivity contribution >= 4 is 29.1 Å². The lowest BCUT2D eigenvalue weighted by Gasteiger charge is -2.31. The number of carboxylic acid groups (broad SMARTS) is 1. The number of morpholine rings is 1. The molecule has 22 heavy (non-hydrogen) atoms. The molecular formula is C16H18ClNO4. The molecule has 1 heterocycles. The van der Waals surface area contributed by atoms with Crippen molar-refractivity contribution in [1.29, 1.82) is 0 Å². The summed E-state index contributed by atoms with van der Waals surface area (Å²) in [6, 6.07) is 7.32. The number of benzene rings is 1. The topological polar surface area (TPSA) is 66.8 Å². The molecule has 0 saturated carbocycles. The molecule has 1 unspecified atom stereocenters. The van der Waals surface area contributed by atoms with E-state index in [-0.39, 0.29) is 18.9 Å². The number of rotatable bonds is 4. The van der Waals surface area contributed by atoms with Crippen molar-refractivity contribution in [3.8, 4) is 0 Å². The van der Waals surface area contributed by atoms with E-state index in [9.17, 15) is 9.59 Å². The van der Waals surface area contributed by atoms with Crippen molar-refractivity contribution in [1.82, 2.24) is 4.90 Å². The summed E-state index contributed by atoms with van der Waals surface area (Å²) in [5.41, 5.74) is 1.59. The van der Waals surface area contributed by atoms with Crippen LogP contribution in [0.5, 0.6) is 0 Å². The highest BCUT2D eigenvalue weighted by Gasteiger charge is 2.25. The van der Waals surface area contributed by atoms with Gasteiger partial charge in [-0.15, -0.1) is 0 Å². The van der Waals surface area contributed by atoms with E-state index in [0.717, 1.165) is 11.1 Å². The minimum absolute atomic E-state index is 0.100. The Morgan fingerprint density at radius 3 is 2.86 bits per heavy atom. The van der Waals surface area contributed by atoms with Crippen LogP contribution in [0.2, 0.25) is 5.02 Å². The van der Waals surface area contributed by atoms with Gasteiger partial charge in [-0.1, -0.05) is 29.8 Å². The van der Waals surface area contributed by atoms with Gasteiger partial charge in [0.25, 0.3) is 0 Å². The van der Waals surface area contributed by atoms with Crippen LogP contribution in [0.3, 0.4) is 0 Å². The zero-order valence-electron chi connectivity index (χ0n) is 12.3. The molecule has 1 atom stereocenters. The van der Waals surface area contributed by atoms with Gasteiger partial charge >= 0.3 is 5.97 Å². The van der Waals surface area contributed by atoms with Gasteiger partial charge in [0.05, 0.1) is 19.1 Å². The van der Waals surface area contributed by atoms with Crippen molar-refractivity contribution in [3.05, 3.63) is 40.9 Å². The molecule has 0 spiro atoms. The molecule has 1 aromatic rings. The van der Waals surface area contributed by atoms with Crippen molar-refractivity contribution < 1.29 is 19.4 Å². The average Bonchev–Trinajstić information content (AvgIpc) is 2.47. The van der Waals surface area contributed by atoms with Crippen molar-refractivity contribution in [3.63, 3.8) is 0 Å². The molecule has 1 amide bonds. The van der Waals surface area contributed by atoms with Crippen molar-refractivity contribution in [2.45, 2.75) is 19.4 Å². The largest absolute Gasteiger partial charge is 0.481 e. The molecule has 1 aromatic carbocycles. The first-order valence-electron chi connectivity index (χ1n) is 7.03. The van der Waals surface area contributed by atoms with E-state index < -0.39 is 12.1 Å². The van der Waals surface area contributed by atoms with Crippen LogP contribution in [0.25, 0.3) is 5.57 Å². The number of aliphatic carboxylic acids is 1. The highest BCUT2D eigenvalue weighted by Crippen LogP contribution is 2.23. The number of ether oxygens (including phenoxy) is 1. The normalized spacial score (nSPS) is 19.1. The standard InChI is InChI=1S/C16H18ClNO4/c1-11(13-4-2-3-5-14(13)17)8-15(19)18-6-7-22-12(10-18)9-16(20)21/h2-5,8,12H,6-7,9-10H2,1H3,(H,20,21)/b11-8+. The van der Waals surface area contributed by atoms with Crippen LogP contribution < -0.4 is 0 Å². The fraction of sp³-hybridized carbons (Fsp3) is 0.375. The summed E-state index contributed by atoms with van der Waals surface area (Å²) in [4.78, 5) is 24.7. The summed E-state index contributed by atoms with van der Waals surface area (Å²) in [6.45, 7) is 2.93.